The van der Waals surface area contributed by atoms with Crippen LogP contribution in [0, 0.1) is 6.92 Å². The zero-order valence-corrected chi connectivity index (χ0v) is 42.9. The second-order valence-corrected chi connectivity index (χ2v) is 20.4. The topological polar surface area (TPSA) is 172 Å². The quantitative estimate of drug-likeness (QED) is 0.0254. The molecule has 1 aromatic heterocycles. The van der Waals surface area contributed by atoms with Crippen LogP contribution in [0.4, 0.5) is 0 Å². The first-order valence-corrected chi connectivity index (χ1v) is 26.4. The number of aromatic nitrogens is 1. The molecule has 0 fully saturated rings. The Morgan fingerprint density at radius 3 is 1.91 bits per heavy atom. The minimum Gasteiger partial charge on any atom is -0.756 e. The second-order valence-electron chi connectivity index (χ2n) is 18.5. The lowest BCUT2D eigenvalue weighted by Crippen LogP contribution is -2.37. The molecule has 0 aliphatic rings. The van der Waals surface area contributed by atoms with Gasteiger partial charge in [0, 0.05) is 41.1 Å². The van der Waals surface area contributed by atoms with Crippen LogP contribution < -0.4 is 14.9 Å². The number of halogens is 1. The molecule has 0 saturated carbocycles. The van der Waals surface area contributed by atoms with Gasteiger partial charge in [0.25, 0.3) is 13.7 Å². The molecule has 0 aliphatic heterocycles. The molecular weight excluding hydrogens is 897 g/mol. The Morgan fingerprint density at radius 2 is 1.33 bits per heavy atom. The SMILES string of the molecule is CCCCCCCCCCCCCCCCCC(=O)OC[C@H](COP(=O)([O-])OCC[N+](C)(C)C)OC(=O)CCCCCNC(=O)Cc1c(C)n(C(=O)c2ccc(Cl)cc2)c2ccc(OC)cc12. The third-order valence-electron chi connectivity index (χ3n) is 11.7. The number of phosphoric acid groups is 1. The molecule has 1 amide bonds. The molecule has 3 rings (SSSR count). The van der Waals surface area contributed by atoms with E-state index >= 15 is 0 Å². The molecule has 14 nitrogen and oxygen atoms in total. The van der Waals surface area contributed by atoms with Gasteiger partial charge in [0.2, 0.25) is 5.91 Å². The van der Waals surface area contributed by atoms with E-state index in [1.54, 1.807) is 48.1 Å². The van der Waals surface area contributed by atoms with Gasteiger partial charge in [-0.25, -0.2) is 0 Å². The number of quaternary nitrogens is 1. The van der Waals surface area contributed by atoms with Crippen LogP contribution in [-0.4, -0.2) is 100 Å². The lowest BCUT2D eigenvalue weighted by atomic mass is 10.0. The van der Waals surface area contributed by atoms with Crippen LogP contribution in [0.15, 0.2) is 42.5 Å². The summed E-state index contributed by atoms with van der Waals surface area (Å²) >= 11 is 6.06. The number of benzene rings is 2. The van der Waals surface area contributed by atoms with Gasteiger partial charge in [-0.3, -0.25) is 28.3 Å². The maximum Gasteiger partial charge on any atom is 0.306 e. The van der Waals surface area contributed by atoms with Crippen LogP contribution >= 0.6 is 19.4 Å². The number of amides is 1. The average molecular weight is 977 g/mol. The van der Waals surface area contributed by atoms with Crippen LogP contribution in [0.2, 0.25) is 5.02 Å². The van der Waals surface area contributed by atoms with E-state index in [1.807, 2.05) is 34.1 Å². The molecule has 0 aliphatic carbocycles. The highest BCUT2D eigenvalue weighted by atomic mass is 35.5. The Morgan fingerprint density at radius 1 is 0.761 bits per heavy atom. The number of unbranched alkanes of at least 4 members (excludes halogenated alkanes) is 16. The smallest absolute Gasteiger partial charge is 0.306 e. The maximum atomic E-state index is 13.6. The van der Waals surface area contributed by atoms with E-state index in [9.17, 15) is 28.6 Å². The predicted octanol–water partition coefficient (Wildman–Crippen LogP) is 10.4. The summed E-state index contributed by atoms with van der Waals surface area (Å²) in [6.07, 6.45) is 19.0. The van der Waals surface area contributed by atoms with E-state index in [-0.39, 0.29) is 44.3 Å². The standard InChI is InChI=1S/C51H79ClN3O11P/c1-7-8-9-10-11-12-13-14-15-16-17-18-19-20-22-25-49(57)63-38-44(39-65-67(60,61)64-35-34-55(3,4)5)66-50(58)26-23-21-24-33-53-48(56)37-45-40(2)54(47-32-31-43(62-6)36-46(45)47)51(59)41-27-29-42(52)30-28-41/h27-32,36,44H,7-26,33-35,37-39H2,1-6H3,(H-,53,56,60,61)/t44-/m1/s1. The maximum absolute atomic E-state index is 13.6. The minimum atomic E-state index is -4.72. The van der Waals surface area contributed by atoms with Crippen LogP contribution in [0.3, 0.4) is 0 Å². The summed E-state index contributed by atoms with van der Waals surface area (Å²) in [5.41, 5.74) is 2.45. The van der Waals surface area contributed by atoms with Crippen molar-refractivity contribution in [3.63, 3.8) is 0 Å². The average Bonchev–Trinajstić information content (AvgIpc) is 3.55. The molecule has 1 heterocycles. The van der Waals surface area contributed by atoms with E-state index < -0.39 is 32.5 Å². The molecule has 16 heteroatoms. The van der Waals surface area contributed by atoms with Gasteiger partial charge in [0.05, 0.1) is 46.8 Å². The van der Waals surface area contributed by atoms with Crippen molar-refractivity contribution in [2.24, 2.45) is 0 Å². The van der Waals surface area contributed by atoms with Crippen molar-refractivity contribution in [1.29, 1.82) is 0 Å². The highest BCUT2D eigenvalue weighted by Gasteiger charge is 2.24. The van der Waals surface area contributed by atoms with Gasteiger partial charge < -0.3 is 38.0 Å². The molecule has 0 radical (unpaired) electrons. The lowest BCUT2D eigenvalue weighted by molar-refractivity contribution is -0.870. The van der Waals surface area contributed by atoms with E-state index in [1.165, 1.54) is 70.6 Å². The van der Waals surface area contributed by atoms with Crippen molar-refractivity contribution in [2.45, 2.75) is 155 Å². The van der Waals surface area contributed by atoms with Crippen molar-refractivity contribution >= 4 is 54.1 Å². The second kappa shape index (κ2) is 31.4. The highest BCUT2D eigenvalue weighted by Crippen LogP contribution is 2.38. The van der Waals surface area contributed by atoms with Crippen molar-refractivity contribution in [1.82, 2.24) is 9.88 Å². The monoisotopic (exact) mass is 976 g/mol. The highest BCUT2D eigenvalue weighted by molar-refractivity contribution is 7.45. The van der Waals surface area contributed by atoms with Gasteiger partial charge >= 0.3 is 11.9 Å². The number of rotatable bonds is 36. The number of methoxy groups -OCH3 is 1. The molecule has 2 aromatic carbocycles. The van der Waals surface area contributed by atoms with Crippen LogP contribution in [0.1, 0.15) is 157 Å². The fourth-order valence-corrected chi connectivity index (χ4v) is 8.57. The van der Waals surface area contributed by atoms with Gasteiger partial charge in [-0.05, 0) is 74.2 Å². The first-order chi connectivity index (χ1) is 32.0. The van der Waals surface area contributed by atoms with E-state index in [0.29, 0.717) is 76.4 Å². The minimum absolute atomic E-state index is 0.0226. The van der Waals surface area contributed by atoms with Crippen molar-refractivity contribution in [3.8, 4) is 5.75 Å². The zero-order chi connectivity index (χ0) is 49.1. The van der Waals surface area contributed by atoms with Crippen LogP contribution in [0.5, 0.6) is 5.75 Å². The molecule has 0 saturated heterocycles. The number of phosphoric ester groups is 1. The number of esters is 2. The molecule has 67 heavy (non-hydrogen) atoms. The van der Waals surface area contributed by atoms with Crippen molar-refractivity contribution in [3.05, 3.63) is 64.3 Å². The summed E-state index contributed by atoms with van der Waals surface area (Å²) < 4.78 is 41.1. The Hall–Kier alpha value is -3.78. The van der Waals surface area contributed by atoms with Gasteiger partial charge in [0.1, 0.15) is 25.5 Å². The fraction of sp³-hybridized carbons (Fsp3) is 0.647. The molecule has 0 bridgehead atoms. The summed E-state index contributed by atoms with van der Waals surface area (Å²) in [5, 5.41) is 4.19. The summed E-state index contributed by atoms with van der Waals surface area (Å²) in [6.45, 7) is 3.84. The first-order valence-electron chi connectivity index (χ1n) is 24.5. The number of hydrogen-bond acceptors (Lipinski definition) is 11. The first kappa shape index (κ1) is 57.5. The van der Waals surface area contributed by atoms with Crippen molar-refractivity contribution in [2.75, 3.05) is 61.2 Å². The van der Waals surface area contributed by atoms with Crippen LogP contribution in [0.25, 0.3) is 10.9 Å². The molecule has 3 aromatic rings. The Labute approximate surface area is 404 Å². The van der Waals surface area contributed by atoms with E-state index in [4.69, 9.17) is 34.9 Å². The summed E-state index contributed by atoms with van der Waals surface area (Å²) in [4.78, 5) is 64.9. The number of hydrogen-bond donors (Lipinski definition) is 1. The van der Waals surface area contributed by atoms with Gasteiger partial charge in [0.15, 0.2) is 6.10 Å². The third kappa shape index (κ3) is 23.4. The molecule has 1 unspecified atom stereocenters. The number of fused-ring (bicyclic) bond motifs is 1. The normalized spacial score (nSPS) is 13.0. The molecule has 2 atom stereocenters. The van der Waals surface area contributed by atoms with Crippen molar-refractivity contribution < 1.29 is 56.4 Å². The molecule has 376 valence electrons. The van der Waals surface area contributed by atoms with Gasteiger partial charge in [-0.15, -0.1) is 0 Å². The largest absolute Gasteiger partial charge is 0.756 e. The lowest BCUT2D eigenvalue weighted by Gasteiger charge is -2.28. The van der Waals surface area contributed by atoms with Gasteiger partial charge in [-0.2, -0.15) is 0 Å². The van der Waals surface area contributed by atoms with E-state index in [0.717, 1.165) is 24.6 Å². The fourth-order valence-electron chi connectivity index (χ4n) is 7.72. The number of carbonyl (C=O) groups excluding carboxylic acids is 4. The number of nitrogens with zero attached hydrogens (tertiary/aromatic N) is 2. The number of ether oxygens (including phenoxy) is 3. The molecule has 0 spiro atoms. The summed E-state index contributed by atoms with van der Waals surface area (Å²) in [6, 6.07) is 12.0. The Balaban J connectivity index is 1.41. The number of likely N-dealkylation sites (N-methyl/N-ethyl adjacent to an activating group) is 1. The third-order valence-corrected chi connectivity index (χ3v) is 12.9. The van der Waals surface area contributed by atoms with E-state index in [2.05, 4.69) is 12.2 Å². The summed E-state index contributed by atoms with van der Waals surface area (Å²) in [5.74, 6) is -0.921. The molecular formula is C51H79ClN3O11P. The van der Waals surface area contributed by atoms with Crippen LogP contribution in [-0.2, 0) is 43.9 Å². The summed E-state index contributed by atoms with van der Waals surface area (Å²) in [7, 11) is 2.53. The zero-order valence-electron chi connectivity index (χ0n) is 41.2. The van der Waals surface area contributed by atoms with Gasteiger partial charge in [-0.1, -0.05) is 115 Å². The Kier molecular flexibility index (Phi) is 26.9. The number of nitrogens with one attached hydrogen (secondary N) is 1. The predicted molar refractivity (Wildman–Crippen MR) is 262 cm³/mol. The number of carbonyl (C=O) groups is 4. The Bertz CT molecular complexity index is 2000. The molecule has 1 N–H and O–H groups in total.